The van der Waals surface area contributed by atoms with E-state index < -0.39 is 5.54 Å². The molecule has 0 spiro atoms. The molecule has 0 atom stereocenters. The van der Waals surface area contributed by atoms with Gasteiger partial charge >= 0.3 is 6.03 Å². The van der Waals surface area contributed by atoms with Gasteiger partial charge in [0.25, 0.3) is 0 Å². The maximum absolute atomic E-state index is 12.7. The molecule has 0 saturated heterocycles. The fraction of sp³-hybridized carbons (Fsp3) is 0.579. The fourth-order valence-electron chi connectivity index (χ4n) is 3.88. The summed E-state index contributed by atoms with van der Waals surface area (Å²) in [6, 6.07) is 5.58. The van der Waals surface area contributed by atoms with Gasteiger partial charge in [0.15, 0.2) is 5.82 Å². The molecule has 1 aliphatic rings. The molecule has 146 valence electrons. The third-order valence-electron chi connectivity index (χ3n) is 5.73. The average Bonchev–Trinajstić information content (AvgIpc) is 3.14. The van der Waals surface area contributed by atoms with E-state index in [9.17, 15) is 4.79 Å². The number of nitrogens with zero attached hydrogens (tertiary/aromatic N) is 5. The molecule has 1 aliphatic carbocycles. The Balaban J connectivity index is 2.11. The number of halogens is 1. The monoisotopic (exact) mass is 390 g/mol. The minimum atomic E-state index is -0.552. The largest absolute Gasteiger partial charge is 0.338 e. The van der Waals surface area contributed by atoms with Gasteiger partial charge in [0.1, 0.15) is 5.54 Å². The van der Waals surface area contributed by atoms with E-state index in [0.29, 0.717) is 23.3 Å². The summed E-state index contributed by atoms with van der Waals surface area (Å²) in [6.45, 7) is 6.70. The zero-order chi connectivity index (χ0) is 19.6. The molecule has 0 bridgehead atoms. The maximum atomic E-state index is 12.7. The molecule has 0 unspecified atom stereocenters. The SMILES string of the molecule is CCNC(=O)N(C)C1(c2nnnn2-c2cccc(Cl)c2C)CCC(C)CC1. The van der Waals surface area contributed by atoms with Crippen LogP contribution in [0.25, 0.3) is 5.69 Å². The number of benzene rings is 1. The van der Waals surface area contributed by atoms with Gasteiger partial charge < -0.3 is 10.2 Å². The van der Waals surface area contributed by atoms with Crippen molar-refractivity contribution in [3.63, 3.8) is 0 Å². The number of tetrazole rings is 1. The molecule has 2 aromatic rings. The van der Waals surface area contributed by atoms with Gasteiger partial charge in [-0.1, -0.05) is 24.6 Å². The van der Waals surface area contributed by atoms with Crippen molar-refractivity contribution >= 4 is 17.6 Å². The summed E-state index contributed by atoms with van der Waals surface area (Å²) in [5, 5.41) is 16.2. The Hall–Kier alpha value is -2.15. The van der Waals surface area contributed by atoms with E-state index in [4.69, 9.17) is 11.6 Å². The maximum Gasteiger partial charge on any atom is 0.317 e. The number of carbonyl (C=O) groups excluding carboxylic acids is 1. The third-order valence-corrected chi connectivity index (χ3v) is 6.14. The Kier molecular flexibility index (Phi) is 5.69. The topological polar surface area (TPSA) is 75.9 Å². The quantitative estimate of drug-likeness (QED) is 0.863. The van der Waals surface area contributed by atoms with Gasteiger partial charge in [-0.05, 0) is 73.6 Å². The summed E-state index contributed by atoms with van der Waals surface area (Å²) < 4.78 is 1.74. The van der Waals surface area contributed by atoms with E-state index in [1.54, 1.807) is 9.58 Å². The second-order valence-electron chi connectivity index (χ2n) is 7.41. The van der Waals surface area contributed by atoms with Crippen LogP contribution in [0.2, 0.25) is 5.02 Å². The summed E-state index contributed by atoms with van der Waals surface area (Å²) in [4.78, 5) is 14.5. The summed E-state index contributed by atoms with van der Waals surface area (Å²) in [5.41, 5.74) is 1.20. The van der Waals surface area contributed by atoms with Crippen molar-refractivity contribution in [3.05, 3.63) is 34.6 Å². The number of amides is 2. The minimum absolute atomic E-state index is 0.107. The number of hydrogen-bond acceptors (Lipinski definition) is 4. The number of aromatic nitrogens is 4. The molecule has 1 saturated carbocycles. The molecule has 2 amide bonds. The average molecular weight is 391 g/mol. The van der Waals surface area contributed by atoms with Crippen LogP contribution in [-0.4, -0.2) is 44.7 Å². The van der Waals surface area contributed by atoms with Crippen molar-refractivity contribution in [2.24, 2.45) is 5.92 Å². The molecule has 7 nitrogen and oxygen atoms in total. The first-order chi connectivity index (χ1) is 12.9. The molecule has 27 heavy (non-hydrogen) atoms. The standard InChI is InChI=1S/C19H27ClN6O/c1-5-21-18(27)25(4)19(11-9-13(2)10-12-19)17-22-23-24-26(17)16-8-6-7-15(20)14(16)3/h6-8,13H,5,9-12H2,1-4H3,(H,21,27). The molecule has 1 N–H and O–H groups in total. The summed E-state index contributed by atoms with van der Waals surface area (Å²) >= 11 is 6.32. The van der Waals surface area contributed by atoms with Crippen LogP contribution < -0.4 is 5.32 Å². The Morgan fingerprint density at radius 3 is 2.78 bits per heavy atom. The number of carbonyl (C=O) groups is 1. The zero-order valence-corrected chi connectivity index (χ0v) is 17.1. The van der Waals surface area contributed by atoms with Gasteiger partial charge in [0.05, 0.1) is 5.69 Å². The highest BCUT2D eigenvalue weighted by atomic mass is 35.5. The summed E-state index contributed by atoms with van der Waals surface area (Å²) in [5.74, 6) is 1.31. The molecule has 0 radical (unpaired) electrons. The second-order valence-corrected chi connectivity index (χ2v) is 7.81. The lowest BCUT2D eigenvalue weighted by atomic mass is 9.75. The zero-order valence-electron chi connectivity index (χ0n) is 16.4. The van der Waals surface area contributed by atoms with Crippen LogP contribution in [-0.2, 0) is 5.54 Å². The lowest BCUT2D eigenvalue weighted by Gasteiger charge is -2.44. The van der Waals surface area contributed by atoms with Gasteiger partial charge in [0.2, 0.25) is 0 Å². The lowest BCUT2D eigenvalue weighted by molar-refractivity contribution is 0.0726. The van der Waals surface area contributed by atoms with Crippen molar-refractivity contribution in [2.75, 3.05) is 13.6 Å². The molecule has 1 heterocycles. The Morgan fingerprint density at radius 1 is 1.41 bits per heavy atom. The lowest BCUT2D eigenvalue weighted by Crippen LogP contribution is -2.53. The number of nitrogens with one attached hydrogen (secondary N) is 1. The first-order valence-corrected chi connectivity index (χ1v) is 9.84. The van der Waals surface area contributed by atoms with E-state index in [1.807, 2.05) is 39.1 Å². The van der Waals surface area contributed by atoms with E-state index in [2.05, 4.69) is 27.8 Å². The summed E-state index contributed by atoms with van der Waals surface area (Å²) in [7, 11) is 1.84. The molecule has 3 rings (SSSR count). The number of urea groups is 1. The highest BCUT2D eigenvalue weighted by Gasteiger charge is 2.46. The van der Waals surface area contributed by atoms with Crippen LogP contribution in [0.4, 0.5) is 4.79 Å². The first-order valence-electron chi connectivity index (χ1n) is 9.46. The molecule has 1 fully saturated rings. The van der Waals surface area contributed by atoms with Gasteiger partial charge in [-0.25, -0.2) is 4.79 Å². The van der Waals surface area contributed by atoms with Crippen LogP contribution in [0.15, 0.2) is 18.2 Å². The second kappa shape index (κ2) is 7.84. The molecule has 8 heteroatoms. The van der Waals surface area contributed by atoms with Crippen molar-refractivity contribution in [2.45, 2.75) is 52.0 Å². The minimum Gasteiger partial charge on any atom is -0.338 e. The van der Waals surface area contributed by atoms with E-state index in [-0.39, 0.29) is 6.03 Å². The van der Waals surface area contributed by atoms with Gasteiger partial charge in [0, 0.05) is 18.6 Å². The highest BCUT2D eigenvalue weighted by molar-refractivity contribution is 6.31. The predicted molar refractivity (Wildman–Crippen MR) is 105 cm³/mol. The number of rotatable bonds is 4. The Morgan fingerprint density at radius 2 is 2.11 bits per heavy atom. The van der Waals surface area contributed by atoms with Gasteiger partial charge in [-0.3, -0.25) is 0 Å². The van der Waals surface area contributed by atoms with Crippen LogP contribution in [0.5, 0.6) is 0 Å². The smallest absolute Gasteiger partial charge is 0.317 e. The van der Waals surface area contributed by atoms with E-state index >= 15 is 0 Å². The first kappa shape index (κ1) is 19.6. The fourth-order valence-corrected chi connectivity index (χ4v) is 4.05. The number of hydrogen-bond donors (Lipinski definition) is 1. The molecule has 1 aromatic heterocycles. The Bertz CT molecular complexity index is 812. The van der Waals surface area contributed by atoms with Crippen LogP contribution in [0.3, 0.4) is 0 Å². The van der Waals surface area contributed by atoms with E-state index in [1.165, 1.54) is 0 Å². The third kappa shape index (κ3) is 3.52. The molecular weight excluding hydrogens is 364 g/mol. The predicted octanol–water partition coefficient (Wildman–Crippen LogP) is 3.69. The van der Waals surface area contributed by atoms with Crippen molar-refractivity contribution in [3.8, 4) is 5.69 Å². The van der Waals surface area contributed by atoms with Crippen LogP contribution in [0, 0.1) is 12.8 Å². The highest BCUT2D eigenvalue weighted by Crippen LogP contribution is 2.43. The molecule has 1 aromatic carbocycles. The Labute approximate surface area is 165 Å². The summed E-state index contributed by atoms with van der Waals surface area (Å²) in [6.07, 6.45) is 3.68. The van der Waals surface area contributed by atoms with E-state index in [0.717, 1.165) is 36.9 Å². The normalized spacial score (nSPS) is 22.5. The van der Waals surface area contributed by atoms with Gasteiger partial charge in [-0.15, -0.1) is 5.10 Å². The van der Waals surface area contributed by atoms with Crippen LogP contribution in [0.1, 0.15) is 50.9 Å². The molecule has 0 aliphatic heterocycles. The van der Waals surface area contributed by atoms with Crippen molar-refractivity contribution < 1.29 is 4.79 Å². The van der Waals surface area contributed by atoms with Crippen LogP contribution >= 0.6 is 11.6 Å². The van der Waals surface area contributed by atoms with Crippen molar-refractivity contribution in [1.29, 1.82) is 0 Å². The van der Waals surface area contributed by atoms with Crippen molar-refractivity contribution in [1.82, 2.24) is 30.4 Å². The molecular formula is C19H27ClN6O. The van der Waals surface area contributed by atoms with Gasteiger partial charge in [-0.2, -0.15) is 4.68 Å².